The Hall–Kier alpha value is -1.67. The van der Waals surface area contributed by atoms with Crippen LogP contribution >= 0.6 is 46.3 Å². The van der Waals surface area contributed by atoms with Gasteiger partial charge in [0.2, 0.25) is 4.83 Å². The van der Waals surface area contributed by atoms with E-state index in [2.05, 4.69) is 40.5 Å². The van der Waals surface area contributed by atoms with Gasteiger partial charge in [-0.1, -0.05) is 46.3 Å². The average Bonchev–Trinajstić information content (AvgIpc) is 3.30. The van der Waals surface area contributed by atoms with Gasteiger partial charge >= 0.3 is 5.97 Å². The molecule has 2 aromatic heterocycles. The molecule has 1 aliphatic heterocycles. The van der Waals surface area contributed by atoms with Crippen molar-refractivity contribution in [1.82, 2.24) is 4.57 Å². The van der Waals surface area contributed by atoms with Crippen molar-refractivity contribution >= 4 is 74.4 Å². The molecule has 0 radical (unpaired) electrons. The van der Waals surface area contributed by atoms with Crippen LogP contribution in [0, 0.1) is 0 Å². The van der Waals surface area contributed by atoms with E-state index >= 15 is 0 Å². The maximum absolute atomic E-state index is 11.5. The Balaban J connectivity index is 1.88. The van der Waals surface area contributed by atoms with E-state index in [0.29, 0.717) is 10.0 Å². The number of halogens is 2. The summed E-state index contributed by atoms with van der Waals surface area (Å²) in [4.78, 5) is 15.4. The molecule has 0 saturated heterocycles. The van der Waals surface area contributed by atoms with E-state index in [1.807, 2.05) is 0 Å². The third-order valence-corrected chi connectivity index (χ3v) is 7.41. The molecule has 5 nitrogen and oxygen atoms in total. The Labute approximate surface area is 180 Å². The van der Waals surface area contributed by atoms with E-state index in [-0.39, 0.29) is 6.54 Å². The number of anilines is 1. The Morgan fingerprint density at radius 2 is 2.04 bits per heavy atom. The zero-order chi connectivity index (χ0) is 20.0. The van der Waals surface area contributed by atoms with E-state index in [4.69, 9.17) is 23.2 Å². The summed E-state index contributed by atoms with van der Waals surface area (Å²) in [6.45, 7) is 5.75. The molecule has 1 aliphatic rings. The Kier molecular flexibility index (Phi) is 5.35. The number of benzene rings is 1. The number of thioether (sulfide) groups is 1. The fourth-order valence-corrected chi connectivity index (χ4v) is 5.96. The molecule has 0 aliphatic carbocycles. The number of nitrogens with zero attached hydrogens (tertiary/aromatic N) is 3. The molecule has 3 aromatic rings. The minimum atomic E-state index is -0.902. The molecule has 1 N–H and O–H groups in total. The van der Waals surface area contributed by atoms with Crippen molar-refractivity contribution < 1.29 is 14.5 Å². The van der Waals surface area contributed by atoms with Gasteiger partial charge in [0.05, 0.1) is 39.9 Å². The summed E-state index contributed by atoms with van der Waals surface area (Å²) in [5.41, 5.74) is 1.96. The van der Waals surface area contributed by atoms with Gasteiger partial charge in [-0.15, -0.1) is 0 Å². The van der Waals surface area contributed by atoms with Crippen LogP contribution in [0.1, 0.15) is 19.7 Å². The van der Waals surface area contributed by atoms with E-state index in [0.717, 1.165) is 34.5 Å². The zero-order valence-electron chi connectivity index (χ0n) is 15.3. The highest BCUT2D eigenvalue weighted by Crippen LogP contribution is 2.49. The van der Waals surface area contributed by atoms with Gasteiger partial charge in [0.25, 0.3) is 5.82 Å². The highest BCUT2D eigenvalue weighted by Gasteiger charge is 2.31. The number of carboxylic acid groups (broad SMARTS) is 1. The monoisotopic (exact) mass is 454 g/mol. The van der Waals surface area contributed by atoms with Gasteiger partial charge in [0, 0.05) is 11.0 Å². The van der Waals surface area contributed by atoms with Crippen LogP contribution in [0.4, 0.5) is 5.69 Å². The second-order valence-electron chi connectivity index (χ2n) is 6.26. The molecule has 146 valence electrons. The molecule has 9 heteroatoms. The molecular weight excluding hydrogens is 437 g/mol. The summed E-state index contributed by atoms with van der Waals surface area (Å²) in [5.74, 6) is 0.149. The van der Waals surface area contributed by atoms with Crippen LogP contribution in [-0.4, -0.2) is 22.2 Å². The van der Waals surface area contributed by atoms with Gasteiger partial charge in [-0.05, 0) is 31.4 Å². The van der Waals surface area contributed by atoms with E-state index in [1.54, 1.807) is 28.4 Å². The van der Waals surface area contributed by atoms with Crippen LogP contribution in [0.5, 0.6) is 0 Å². The number of aromatic nitrogens is 2. The van der Waals surface area contributed by atoms with E-state index in [1.165, 1.54) is 22.1 Å². The number of aliphatic carboxylic acids is 1. The highest BCUT2D eigenvalue weighted by atomic mass is 35.5. The first-order valence-electron chi connectivity index (χ1n) is 8.82. The Bertz CT molecular complexity index is 1080. The SMILES string of the molecule is CCn1c(/C=C2\Sc3cc(Cl)c(Cl)cc3N2CC(=O)O)[n+](CC)c2sccc21. The molecule has 1 aromatic carbocycles. The first-order valence-corrected chi connectivity index (χ1v) is 11.3. The molecule has 0 fully saturated rings. The average molecular weight is 455 g/mol. The summed E-state index contributed by atoms with van der Waals surface area (Å²) in [6, 6.07) is 5.66. The number of fused-ring (bicyclic) bond motifs is 2. The van der Waals surface area contributed by atoms with Crippen molar-refractivity contribution in [3.63, 3.8) is 0 Å². The normalized spacial score (nSPS) is 15.0. The predicted octanol–water partition coefficient (Wildman–Crippen LogP) is 5.33. The van der Waals surface area contributed by atoms with E-state index in [9.17, 15) is 9.90 Å². The van der Waals surface area contributed by atoms with E-state index < -0.39 is 5.97 Å². The van der Waals surface area contributed by atoms with Crippen LogP contribution in [0.15, 0.2) is 33.5 Å². The number of carboxylic acids is 1. The van der Waals surface area contributed by atoms with Crippen molar-refractivity contribution in [2.75, 3.05) is 11.4 Å². The molecule has 0 spiro atoms. The molecule has 0 saturated carbocycles. The van der Waals surface area contributed by atoms with Crippen LogP contribution < -0.4 is 9.47 Å². The van der Waals surface area contributed by atoms with Crippen molar-refractivity contribution in [1.29, 1.82) is 0 Å². The van der Waals surface area contributed by atoms with Gasteiger partial charge in [0.1, 0.15) is 6.54 Å². The number of imidazole rings is 1. The van der Waals surface area contributed by atoms with Crippen molar-refractivity contribution in [2.45, 2.75) is 31.8 Å². The first-order chi connectivity index (χ1) is 13.4. The quantitative estimate of drug-likeness (QED) is 0.529. The van der Waals surface area contributed by atoms with Gasteiger partial charge in [-0.25, -0.2) is 9.13 Å². The van der Waals surface area contributed by atoms with Crippen LogP contribution in [-0.2, 0) is 17.9 Å². The molecule has 4 rings (SSSR count). The number of carbonyl (C=O) groups is 1. The van der Waals surface area contributed by atoms with Gasteiger partial charge < -0.3 is 10.0 Å². The summed E-state index contributed by atoms with van der Waals surface area (Å²) in [6.07, 6.45) is 2.06. The predicted molar refractivity (Wildman–Crippen MR) is 117 cm³/mol. The van der Waals surface area contributed by atoms with Crippen LogP contribution in [0.2, 0.25) is 10.0 Å². The molecule has 0 amide bonds. The highest BCUT2D eigenvalue weighted by molar-refractivity contribution is 8.03. The lowest BCUT2D eigenvalue weighted by Crippen LogP contribution is -2.35. The number of hydrogen-bond donors (Lipinski definition) is 1. The third kappa shape index (κ3) is 3.20. The maximum Gasteiger partial charge on any atom is 0.323 e. The van der Waals surface area contributed by atoms with Crippen molar-refractivity contribution in [2.24, 2.45) is 0 Å². The lowest BCUT2D eigenvalue weighted by atomic mass is 10.3. The number of rotatable bonds is 5. The maximum atomic E-state index is 11.5. The number of aryl methyl sites for hydroxylation is 2. The Morgan fingerprint density at radius 1 is 1.29 bits per heavy atom. The fourth-order valence-electron chi connectivity index (χ4n) is 3.48. The lowest BCUT2D eigenvalue weighted by molar-refractivity contribution is -0.668. The van der Waals surface area contributed by atoms with Gasteiger partial charge in [-0.2, -0.15) is 0 Å². The molecule has 0 atom stereocenters. The molecular formula is C19H18Cl2N3O2S2+. The second-order valence-corrected chi connectivity index (χ2v) is 9.03. The largest absolute Gasteiger partial charge is 0.480 e. The minimum Gasteiger partial charge on any atom is -0.480 e. The van der Waals surface area contributed by atoms with Crippen molar-refractivity contribution in [3.8, 4) is 0 Å². The van der Waals surface area contributed by atoms with Crippen molar-refractivity contribution in [3.05, 3.63) is 44.5 Å². The summed E-state index contributed by atoms with van der Waals surface area (Å²) < 4.78 is 4.52. The standard InChI is InChI=1S/C19H17Cl2N3O2S2/c1-3-22-13-5-6-27-19(13)23(4-2)16(22)9-17-24(10-18(25)26)14-7-11(20)12(21)8-15(14)28-17/h5-9H,3-4,10H2,1-2H3/p+1. The molecule has 0 unspecified atom stereocenters. The van der Waals surface area contributed by atoms with Crippen LogP contribution in [0.25, 0.3) is 16.4 Å². The van der Waals surface area contributed by atoms with Crippen LogP contribution in [0.3, 0.4) is 0 Å². The zero-order valence-corrected chi connectivity index (χ0v) is 18.4. The molecule has 0 bridgehead atoms. The fraction of sp³-hybridized carbons (Fsp3) is 0.263. The summed E-state index contributed by atoms with van der Waals surface area (Å²) in [5, 5.41) is 13.3. The number of hydrogen-bond acceptors (Lipinski definition) is 4. The lowest BCUT2D eigenvalue weighted by Gasteiger charge is -2.18. The third-order valence-electron chi connectivity index (χ3n) is 4.67. The molecule has 3 heterocycles. The summed E-state index contributed by atoms with van der Waals surface area (Å²) >= 11 is 15.6. The minimum absolute atomic E-state index is 0.142. The second kappa shape index (κ2) is 7.63. The first kappa shape index (κ1) is 19.6. The Morgan fingerprint density at radius 3 is 2.71 bits per heavy atom. The van der Waals surface area contributed by atoms with Gasteiger partial charge in [-0.3, -0.25) is 4.79 Å². The molecule has 28 heavy (non-hydrogen) atoms. The van der Waals surface area contributed by atoms with Gasteiger partial charge in [0.15, 0.2) is 5.52 Å². The number of thiophene rings is 1. The smallest absolute Gasteiger partial charge is 0.323 e. The topological polar surface area (TPSA) is 49.4 Å². The summed E-state index contributed by atoms with van der Waals surface area (Å²) in [7, 11) is 0.